The molecule has 0 bridgehead atoms. The first kappa shape index (κ1) is 17.1. The first-order chi connectivity index (χ1) is 12.1. The Balaban J connectivity index is 2.10. The Morgan fingerprint density at radius 1 is 1.00 bits per heavy atom. The summed E-state index contributed by atoms with van der Waals surface area (Å²) in [5.41, 5.74) is 2.53. The van der Waals surface area contributed by atoms with Crippen molar-refractivity contribution in [3.63, 3.8) is 0 Å². The van der Waals surface area contributed by atoms with Gasteiger partial charge in [-0.25, -0.2) is 0 Å². The topological polar surface area (TPSA) is 52.5 Å². The van der Waals surface area contributed by atoms with Gasteiger partial charge in [0.15, 0.2) is 0 Å². The van der Waals surface area contributed by atoms with Gasteiger partial charge in [0.05, 0.1) is 18.3 Å². The first-order valence-electron chi connectivity index (χ1n) is 8.42. The van der Waals surface area contributed by atoms with Crippen LogP contribution in [0.15, 0.2) is 78.9 Å². The summed E-state index contributed by atoms with van der Waals surface area (Å²) in [6.07, 6.45) is 0. The van der Waals surface area contributed by atoms with Crippen molar-refractivity contribution in [3.8, 4) is 5.75 Å². The van der Waals surface area contributed by atoms with Gasteiger partial charge in [0.1, 0.15) is 5.75 Å². The summed E-state index contributed by atoms with van der Waals surface area (Å²) >= 11 is 0. The van der Waals surface area contributed by atoms with Crippen molar-refractivity contribution in [2.24, 2.45) is 5.92 Å². The van der Waals surface area contributed by atoms with Gasteiger partial charge >= 0.3 is 0 Å². The standard InChI is InChI=1S/C22H23NO2/c1-15(14-24)16(2)22(23-20-12-5-6-13-21(20)25)19-11-7-9-17-8-3-4-10-18(17)19/h3-13,16,22-25H,1,14H2,2H3/t16-,22+/m1/s1. The largest absolute Gasteiger partial charge is 0.506 e. The van der Waals surface area contributed by atoms with Crippen LogP contribution in [0.1, 0.15) is 18.5 Å². The summed E-state index contributed by atoms with van der Waals surface area (Å²) < 4.78 is 0. The molecule has 0 aromatic heterocycles. The van der Waals surface area contributed by atoms with Gasteiger partial charge in [-0.05, 0) is 34.0 Å². The molecule has 25 heavy (non-hydrogen) atoms. The lowest BCUT2D eigenvalue weighted by Crippen LogP contribution is -2.22. The van der Waals surface area contributed by atoms with Crippen LogP contribution in [0.4, 0.5) is 5.69 Å². The third-order valence-corrected chi connectivity index (χ3v) is 4.72. The number of rotatable bonds is 6. The predicted octanol–water partition coefficient (Wildman–Crippen LogP) is 4.88. The molecule has 0 aliphatic rings. The van der Waals surface area contributed by atoms with Gasteiger partial charge in [0.25, 0.3) is 0 Å². The fourth-order valence-electron chi connectivity index (χ4n) is 3.14. The van der Waals surface area contributed by atoms with Crippen LogP contribution in [0.25, 0.3) is 10.8 Å². The fourth-order valence-corrected chi connectivity index (χ4v) is 3.14. The number of hydrogen-bond acceptors (Lipinski definition) is 3. The molecule has 0 heterocycles. The highest BCUT2D eigenvalue weighted by Crippen LogP contribution is 2.36. The smallest absolute Gasteiger partial charge is 0.138 e. The van der Waals surface area contributed by atoms with E-state index in [0.717, 1.165) is 21.9 Å². The zero-order valence-corrected chi connectivity index (χ0v) is 14.3. The number of aliphatic hydroxyl groups is 1. The highest BCUT2D eigenvalue weighted by Gasteiger charge is 2.23. The number of aromatic hydroxyl groups is 1. The van der Waals surface area contributed by atoms with Crippen LogP contribution in [0.3, 0.4) is 0 Å². The molecule has 0 aliphatic carbocycles. The molecule has 3 nitrogen and oxygen atoms in total. The predicted molar refractivity (Wildman–Crippen MR) is 104 cm³/mol. The van der Waals surface area contributed by atoms with Crippen LogP contribution in [0.5, 0.6) is 5.75 Å². The van der Waals surface area contributed by atoms with Crippen molar-refractivity contribution in [3.05, 3.63) is 84.4 Å². The number of benzene rings is 3. The maximum atomic E-state index is 10.2. The van der Waals surface area contributed by atoms with E-state index in [-0.39, 0.29) is 24.3 Å². The second-order valence-electron chi connectivity index (χ2n) is 6.31. The molecule has 3 aromatic rings. The third-order valence-electron chi connectivity index (χ3n) is 4.72. The van der Waals surface area contributed by atoms with E-state index in [4.69, 9.17) is 0 Å². The van der Waals surface area contributed by atoms with Crippen molar-refractivity contribution in [2.45, 2.75) is 13.0 Å². The Morgan fingerprint density at radius 2 is 1.68 bits per heavy atom. The molecule has 3 aromatic carbocycles. The van der Waals surface area contributed by atoms with Crippen LogP contribution < -0.4 is 5.32 Å². The summed E-state index contributed by atoms with van der Waals surface area (Å²) in [4.78, 5) is 0. The Labute approximate surface area is 148 Å². The number of phenolic OH excluding ortho intramolecular Hbond substituents is 1. The molecule has 0 fully saturated rings. The van der Waals surface area contributed by atoms with Gasteiger partial charge in [-0.15, -0.1) is 0 Å². The summed E-state index contributed by atoms with van der Waals surface area (Å²) in [5, 5.41) is 25.5. The van der Waals surface area contributed by atoms with Gasteiger partial charge < -0.3 is 15.5 Å². The molecule has 0 amide bonds. The highest BCUT2D eigenvalue weighted by atomic mass is 16.3. The second kappa shape index (κ2) is 7.41. The van der Waals surface area contributed by atoms with Gasteiger partial charge in [0.2, 0.25) is 0 Å². The Morgan fingerprint density at radius 3 is 2.44 bits per heavy atom. The minimum Gasteiger partial charge on any atom is -0.506 e. The Bertz CT molecular complexity index is 883. The van der Waals surface area contributed by atoms with E-state index in [9.17, 15) is 10.2 Å². The third kappa shape index (κ3) is 3.52. The van der Waals surface area contributed by atoms with Crippen LogP contribution >= 0.6 is 0 Å². The van der Waals surface area contributed by atoms with E-state index in [1.165, 1.54) is 0 Å². The minimum absolute atomic E-state index is 0.0181. The second-order valence-corrected chi connectivity index (χ2v) is 6.31. The Kier molecular flexibility index (Phi) is 5.05. The summed E-state index contributed by atoms with van der Waals surface area (Å²) in [5.74, 6) is 0.185. The van der Waals surface area contributed by atoms with Crippen molar-refractivity contribution < 1.29 is 10.2 Å². The maximum Gasteiger partial charge on any atom is 0.138 e. The molecule has 0 radical (unpaired) electrons. The van der Waals surface area contributed by atoms with E-state index in [1.807, 2.05) is 37.3 Å². The average Bonchev–Trinajstić information content (AvgIpc) is 2.66. The fraction of sp³-hybridized carbons (Fsp3) is 0.182. The monoisotopic (exact) mass is 333 g/mol. The number of hydrogen-bond donors (Lipinski definition) is 3. The quantitative estimate of drug-likeness (QED) is 0.445. The van der Waals surface area contributed by atoms with Crippen molar-refractivity contribution in [2.75, 3.05) is 11.9 Å². The average molecular weight is 333 g/mol. The van der Waals surface area contributed by atoms with E-state index in [0.29, 0.717) is 5.69 Å². The lowest BCUT2D eigenvalue weighted by molar-refractivity contribution is 0.312. The number of aliphatic hydroxyl groups excluding tert-OH is 1. The number of anilines is 1. The minimum atomic E-state index is -0.126. The molecule has 3 heteroatoms. The van der Waals surface area contributed by atoms with Gasteiger partial charge in [-0.2, -0.15) is 0 Å². The van der Waals surface area contributed by atoms with Crippen LogP contribution in [-0.4, -0.2) is 16.8 Å². The maximum absolute atomic E-state index is 10.2. The van der Waals surface area contributed by atoms with E-state index >= 15 is 0 Å². The molecule has 3 N–H and O–H groups in total. The zero-order valence-electron chi connectivity index (χ0n) is 14.3. The molecule has 0 aliphatic heterocycles. The molecule has 3 rings (SSSR count). The highest BCUT2D eigenvalue weighted by molar-refractivity contribution is 5.86. The number of fused-ring (bicyclic) bond motifs is 1. The number of phenols is 1. The molecule has 2 atom stereocenters. The van der Waals surface area contributed by atoms with Gasteiger partial charge in [0, 0.05) is 5.92 Å². The zero-order chi connectivity index (χ0) is 17.8. The van der Waals surface area contributed by atoms with Crippen LogP contribution in [0.2, 0.25) is 0 Å². The number of nitrogens with one attached hydrogen (secondary N) is 1. The van der Waals surface area contributed by atoms with Crippen LogP contribution in [-0.2, 0) is 0 Å². The molecular formula is C22H23NO2. The van der Waals surface area contributed by atoms with E-state index < -0.39 is 0 Å². The number of para-hydroxylation sites is 2. The van der Waals surface area contributed by atoms with Gasteiger partial charge in [-0.1, -0.05) is 68.1 Å². The summed E-state index contributed by atoms with van der Waals surface area (Å²) in [7, 11) is 0. The molecule has 128 valence electrons. The van der Waals surface area contributed by atoms with Gasteiger partial charge in [-0.3, -0.25) is 0 Å². The van der Waals surface area contributed by atoms with Crippen molar-refractivity contribution in [1.29, 1.82) is 0 Å². The molecule has 0 spiro atoms. The normalized spacial score (nSPS) is 13.4. The van der Waals surface area contributed by atoms with Crippen LogP contribution in [0, 0.1) is 5.92 Å². The Hall–Kier alpha value is -2.78. The van der Waals surface area contributed by atoms with Crippen molar-refractivity contribution >= 4 is 16.5 Å². The lowest BCUT2D eigenvalue weighted by atomic mass is 9.86. The summed E-state index contributed by atoms with van der Waals surface area (Å²) in [6.45, 7) is 5.99. The molecule has 0 saturated heterocycles. The molecular weight excluding hydrogens is 310 g/mol. The molecule has 0 saturated carbocycles. The lowest BCUT2D eigenvalue weighted by Gasteiger charge is -2.29. The van der Waals surface area contributed by atoms with E-state index in [2.05, 4.69) is 36.2 Å². The first-order valence-corrected chi connectivity index (χ1v) is 8.42. The SMILES string of the molecule is C=C(CO)[C@@H](C)[C@H](Nc1ccccc1O)c1cccc2ccccc12. The summed E-state index contributed by atoms with van der Waals surface area (Å²) in [6, 6.07) is 21.5. The van der Waals surface area contributed by atoms with E-state index in [1.54, 1.807) is 12.1 Å². The molecule has 0 unspecified atom stereocenters. The van der Waals surface area contributed by atoms with Crippen molar-refractivity contribution in [1.82, 2.24) is 0 Å².